The first-order valence-electron chi connectivity index (χ1n) is 3.87. The Morgan fingerprint density at radius 3 is 1.00 bits per heavy atom. The van der Waals surface area contributed by atoms with Crippen LogP contribution in [0.2, 0.25) is 0 Å². The summed E-state index contributed by atoms with van der Waals surface area (Å²) in [4.78, 5) is 36.8. The Bertz CT molecular complexity index is 236. The maximum atomic E-state index is 9.60. The highest BCUT2D eigenvalue weighted by Crippen LogP contribution is 1.81. The van der Waals surface area contributed by atoms with Crippen LogP contribution >= 0.6 is 0 Å². The maximum Gasteiger partial charge on any atom is 0.330 e. The van der Waals surface area contributed by atoms with E-state index < -0.39 is 11.9 Å². The third-order valence-corrected chi connectivity index (χ3v) is 0.786. The number of carbonyl (C=O) groups is 4. The molecule has 0 aliphatic carbocycles. The standard InChI is InChI=1S/2C4H6O2.C2H2O2/c2*1-3(2)4(5)6;3-1-2-4/h2*1H2,2H3,(H,5,6);1-2H. The summed E-state index contributed by atoms with van der Waals surface area (Å²) in [7, 11) is 0. The lowest BCUT2D eigenvalue weighted by Gasteiger charge is -1.79. The minimum Gasteiger partial charge on any atom is -0.478 e. The smallest absolute Gasteiger partial charge is 0.330 e. The molecular weight excluding hydrogens is 216 g/mol. The van der Waals surface area contributed by atoms with Gasteiger partial charge in [-0.2, -0.15) is 0 Å². The summed E-state index contributed by atoms with van der Waals surface area (Å²) in [6.45, 7) is 9.20. The summed E-state index contributed by atoms with van der Waals surface area (Å²) in [5.74, 6) is -1.87. The predicted octanol–water partition coefficient (Wildman–Crippen LogP) is 0.678. The van der Waals surface area contributed by atoms with Gasteiger partial charge in [-0.05, 0) is 13.8 Å². The molecule has 6 heteroatoms. The topological polar surface area (TPSA) is 109 Å². The number of hydrogen-bond acceptors (Lipinski definition) is 4. The van der Waals surface area contributed by atoms with E-state index in [0.29, 0.717) is 0 Å². The van der Waals surface area contributed by atoms with E-state index in [0.717, 1.165) is 0 Å². The molecule has 0 unspecified atom stereocenters. The lowest BCUT2D eigenvalue weighted by Crippen LogP contribution is -1.92. The first-order chi connectivity index (χ1) is 7.20. The van der Waals surface area contributed by atoms with E-state index in [1.807, 2.05) is 0 Å². The van der Waals surface area contributed by atoms with Crippen molar-refractivity contribution in [1.82, 2.24) is 0 Å². The predicted molar refractivity (Wildman–Crippen MR) is 57.0 cm³/mol. The highest BCUT2D eigenvalue weighted by atomic mass is 16.4. The van der Waals surface area contributed by atoms with Crippen molar-refractivity contribution >= 4 is 24.5 Å². The quantitative estimate of drug-likeness (QED) is 0.419. The van der Waals surface area contributed by atoms with Crippen molar-refractivity contribution in [2.45, 2.75) is 13.8 Å². The van der Waals surface area contributed by atoms with Crippen LogP contribution in [0.4, 0.5) is 0 Å². The highest BCUT2D eigenvalue weighted by molar-refractivity contribution is 6.09. The molecule has 0 atom stereocenters. The van der Waals surface area contributed by atoms with Gasteiger partial charge in [-0.25, -0.2) is 9.59 Å². The molecule has 0 rings (SSSR count). The van der Waals surface area contributed by atoms with Crippen molar-refractivity contribution in [1.29, 1.82) is 0 Å². The van der Waals surface area contributed by atoms with Crippen LogP contribution in [-0.2, 0) is 19.2 Å². The number of rotatable bonds is 3. The number of carboxylic acid groups (broad SMARTS) is 2. The third kappa shape index (κ3) is 29.8. The largest absolute Gasteiger partial charge is 0.478 e. The number of aliphatic carboxylic acids is 2. The molecule has 0 saturated carbocycles. The molecular formula is C10H14O6. The van der Waals surface area contributed by atoms with Crippen LogP contribution in [0, 0.1) is 0 Å². The van der Waals surface area contributed by atoms with Crippen LogP contribution < -0.4 is 0 Å². The second kappa shape index (κ2) is 12.8. The molecule has 6 nitrogen and oxygen atoms in total. The Morgan fingerprint density at radius 1 is 0.875 bits per heavy atom. The molecule has 0 aromatic rings. The van der Waals surface area contributed by atoms with E-state index in [4.69, 9.17) is 19.8 Å². The van der Waals surface area contributed by atoms with E-state index in [1.54, 1.807) is 0 Å². The van der Waals surface area contributed by atoms with Gasteiger partial charge in [0.25, 0.3) is 0 Å². The van der Waals surface area contributed by atoms with Gasteiger partial charge in [0.05, 0.1) is 0 Å². The Morgan fingerprint density at radius 2 is 1.00 bits per heavy atom. The van der Waals surface area contributed by atoms with E-state index in [-0.39, 0.29) is 23.7 Å². The van der Waals surface area contributed by atoms with Crippen LogP contribution in [0.5, 0.6) is 0 Å². The first-order valence-corrected chi connectivity index (χ1v) is 3.87. The second-order valence-corrected chi connectivity index (χ2v) is 2.44. The van der Waals surface area contributed by atoms with Gasteiger partial charge < -0.3 is 10.2 Å². The molecule has 0 aliphatic heterocycles. The van der Waals surface area contributed by atoms with Gasteiger partial charge in [0.15, 0.2) is 12.6 Å². The van der Waals surface area contributed by atoms with Gasteiger partial charge in [0.1, 0.15) is 0 Å². The Labute approximate surface area is 92.9 Å². The summed E-state index contributed by atoms with van der Waals surface area (Å²) in [5, 5.41) is 15.8. The molecule has 0 heterocycles. The van der Waals surface area contributed by atoms with Gasteiger partial charge in [-0.1, -0.05) is 13.2 Å². The fraction of sp³-hybridized carbons (Fsp3) is 0.200. The van der Waals surface area contributed by atoms with E-state index in [9.17, 15) is 9.59 Å². The zero-order valence-electron chi connectivity index (χ0n) is 9.10. The highest BCUT2D eigenvalue weighted by Gasteiger charge is 1.90. The Kier molecular flexibility index (Phi) is 15.4. The number of hydrogen-bond donors (Lipinski definition) is 2. The van der Waals surface area contributed by atoms with Crippen molar-refractivity contribution in [3.63, 3.8) is 0 Å². The molecule has 2 N–H and O–H groups in total. The van der Waals surface area contributed by atoms with Crippen molar-refractivity contribution in [2.75, 3.05) is 0 Å². The molecule has 0 radical (unpaired) electrons. The molecule has 0 spiro atoms. The van der Waals surface area contributed by atoms with E-state index >= 15 is 0 Å². The number of aldehydes is 2. The van der Waals surface area contributed by atoms with Crippen molar-refractivity contribution in [2.24, 2.45) is 0 Å². The molecule has 0 aromatic heterocycles. The third-order valence-electron chi connectivity index (χ3n) is 0.786. The Hall–Kier alpha value is -2.24. The zero-order valence-corrected chi connectivity index (χ0v) is 9.10. The van der Waals surface area contributed by atoms with Crippen LogP contribution in [0.15, 0.2) is 24.3 Å². The Balaban J connectivity index is -0.000000162. The van der Waals surface area contributed by atoms with Gasteiger partial charge in [-0.3, -0.25) is 9.59 Å². The fourth-order valence-electron chi connectivity index (χ4n) is 0. The van der Waals surface area contributed by atoms with Crippen LogP contribution in [0.1, 0.15) is 13.8 Å². The average molecular weight is 230 g/mol. The van der Waals surface area contributed by atoms with Crippen LogP contribution in [0.25, 0.3) is 0 Å². The molecule has 0 aliphatic rings. The summed E-state index contributed by atoms with van der Waals surface area (Å²) in [6.07, 6.45) is 0.389. The maximum absolute atomic E-state index is 9.60. The van der Waals surface area contributed by atoms with Gasteiger partial charge in [-0.15, -0.1) is 0 Å². The molecule has 0 fully saturated rings. The first kappa shape index (κ1) is 19.4. The van der Waals surface area contributed by atoms with Gasteiger partial charge >= 0.3 is 11.9 Å². The van der Waals surface area contributed by atoms with E-state index in [2.05, 4.69) is 13.2 Å². The van der Waals surface area contributed by atoms with Crippen molar-refractivity contribution < 1.29 is 29.4 Å². The number of carbonyl (C=O) groups excluding carboxylic acids is 2. The lowest BCUT2D eigenvalue weighted by atomic mass is 10.4. The molecule has 0 aromatic carbocycles. The summed E-state index contributed by atoms with van der Waals surface area (Å²) in [5.41, 5.74) is 0.352. The van der Waals surface area contributed by atoms with Crippen LogP contribution in [-0.4, -0.2) is 34.7 Å². The summed E-state index contributed by atoms with van der Waals surface area (Å²) >= 11 is 0. The summed E-state index contributed by atoms with van der Waals surface area (Å²) in [6, 6.07) is 0. The number of carboxylic acids is 2. The van der Waals surface area contributed by atoms with Crippen LogP contribution in [0.3, 0.4) is 0 Å². The van der Waals surface area contributed by atoms with E-state index in [1.165, 1.54) is 13.8 Å². The summed E-state index contributed by atoms with van der Waals surface area (Å²) < 4.78 is 0. The van der Waals surface area contributed by atoms with Gasteiger partial charge in [0.2, 0.25) is 0 Å². The second-order valence-electron chi connectivity index (χ2n) is 2.44. The van der Waals surface area contributed by atoms with Crippen molar-refractivity contribution in [3.8, 4) is 0 Å². The molecule has 0 bridgehead atoms. The minimum absolute atomic E-state index is 0.176. The SMILES string of the molecule is C=C(C)C(=O)O.C=C(C)C(=O)O.O=CC=O. The zero-order chi connectivity index (χ0) is 13.7. The average Bonchev–Trinajstić information content (AvgIpc) is 2.18. The normalized spacial score (nSPS) is 6.88. The molecule has 0 saturated heterocycles. The molecule has 16 heavy (non-hydrogen) atoms. The van der Waals surface area contributed by atoms with Crippen molar-refractivity contribution in [3.05, 3.63) is 24.3 Å². The fourth-order valence-corrected chi connectivity index (χ4v) is 0. The van der Waals surface area contributed by atoms with Gasteiger partial charge in [0, 0.05) is 11.1 Å². The minimum atomic E-state index is -0.935. The lowest BCUT2D eigenvalue weighted by molar-refractivity contribution is -0.133. The molecule has 90 valence electrons. The monoisotopic (exact) mass is 230 g/mol. The molecule has 0 amide bonds.